The first-order chi connectivity index (χ1) is 7.25. The van der Waals surface area contributed by atoms with Crippen LogP contribution < -0.4 is 5.32 Å². The van der Waals surface area contributed by atoms with Crippen molar-refractivity contribution in [3.63, 3.8) is 0 Å². The van der Waals surface area contributed by atoms with Crippen LogP contribution in [0.1, 0.15) is 27.7 Å². The van der Waals surface area contributed by atoms with Crippen LogP contribution in [0.25, 0.3) is 0 Å². The van der Waals surface area contributed by atoms with Crippen molar-refractivity contribution in [2.24, 2.45) is 0 Å². The molecule has 5 heteroatoms. The lowest BCUT2D eigenvalue weighted by Crippen LogP contribution is -2.50. The molecule has 0 aromatic carbocycles. The number of hydroxylamine groups is 2. The number of nitrogens with zero attached hydrogens (tertiary/aromatic N) is 2. The van der Waals surface area contributed by atoms with Gasteiger partial charge in [-0.25, -0.2) is 4.79 Å². The first-order valence-electron chi connectivity index (χ1n) is 5.53. The maximum atomic E-state index is 11.6. The first kappa shape index (κ1) is 11.4. The molecule has 0 aromatic heterocycles. The van der Waals surface area contributed by atoms with Crippen LogP contribution in [0.15, 0.2) is 11.8 Å². The summed E-state index contributed by atoms with van der Waals surface area (Å²) in [4.78, 5) is 13.4. The third kappa shape index (κ3) is 1.70. The smallest absolute Gasteiger partial charge is 0.321 e. The zero-order valence-corrected chi connectivity index (χ0v) is 10.2. The van der Waals surface area contributed by atoms with Crippen molar-refractivity contribution in [3.8, 4) is 0 Å². The molecule has 2 amide bonds. The van der Waals surface area contributed by atoms with Gasteiger partial charge in [-0.1, -0.05) is 0 Å². The molecule has 0 aromatic rings. The molecule has 2 rings (SSSR count). The van der Waals surface area contributed by atoms with Gasteiger partial charge in [0.15, 0.2) is 0 Å². The number of carbonyl (C=O) groups is 1. The van der Waals surface area contributed by atoms with Crippen LogP contribution in [-0.4, -0.2) is 45.4 Å². The first-order valence-corrected chi connectivity index (χ1v) is 5.53. The second kappa shape index (κ2) is 3.21. The molecule has 0 aliphatic carbocycles. The standard InChI is InChI=1S/C11H19N3O2/c1-10(2)7-8(11(3,4)14(10)16)12-9(15)13-5-6-13/h7,16H,5-6H2,1-4H3,(H,12,15). The minimum atomic E-state index is -0.560. The molecule has 2 heterocycles. The molecule has 0 bridgehead atoms. The van der Waals surface area contributed by atoms with E-state index >= 15 is 0 Å². The number of amides is 2. The number of carbonyl (C=O) groups excluding carboxylic acids is 1. The molecule has 90 valence electrons. The lowest BCUT2D eigenvalue weighted by molar-refractivity contribution is -0.185. The van der Waals surface area contributed by atoms with Gasteiger partial charge in [0.25, 0.3) is 0 Å². The van der Waals surface area contributed by atoms with Crippen LogP contribution in [0.3, 0.4) is 0 Å². The number of hydrogen-bond donors (Lipinski definition) is 2. The van der Waals surface area contributed by atoms with E-state index in [9.17, 15) is 10.0 Å². The second-order valence-corrected chi connectivity index (χ2v) is 5.50. The van der Waals surface area contributed by atoms with E-state index in [0.717, 1.165) is 18.8 Å². The highest BCUT2D eigenvalue weighted by atomic mass is 16.5. The maximum absolute atomic E-state index is 11.6. The van der Waals surface area contributed by atoms with E-state index in [1.807, 2.05) is 33.8 Å². The number of nitrogens with one attached hydrogen (secondary N) is 1. The Bertz CT molecular complexity index is 356. The van der Waals surface area contributed by atoms with Crippen LogP contribution in [0.4, 0.5) is 4.79 Å². The van der Waals surface area contributed by atoms with Gasteiger partial charge in [-0.05, 0) is 33.8 Å². The van der Waals surface area contributed by atoms with Crippen molar-refractivity contribution in [1.29, 1.82) is 0 Å². The van der Waals surface area contributed by atoms with E-state index < -0.39 is 11.1 Å². The summed E-state index contributed by atoms with van der Waals surface area (Å²) in [6.07, 6.45) is 1.90. The molecule has 16 heavy (non-hydrogen) atoms. The van der Waals surface area contributed by atoms with Gasteiger partial charge in [-0.3, -0.25) is 0 Å². The summed E-state index contributed by atoms with van der Waals surface area (Å²) < 4.78 is 0. The quantitative estimate of drug-likeness (QED) is 0.658. The number of hydrogen-bond acceptors (Lipinski definition) is 3. The van der Waals surface area contributed by atoms with Crippen molar-refractivity contribution >= 4 is 6.03 Å². The largest absolute Gasteiger partial charge is 0.321 e. The Balaban J connectivity index is 2.16. The molecule has 0 atom stereocenters. The number of urea groups is 1. The zero-order valence-electron chi connectivity index (χ0n) is 10.2. The fraction of sp³-hybridized carbons (Fsp3) is 0.727. The van der Waals surface area contributed by atoms with Gasteiger partial charge >= 0.3 is 6.03 Å². The average molecular weight is 225 g/mol. The van der Waals surface area contributed by atoms with Gasteiger partial charge in [-0.2, -0.15) is 5.06 Å². The van der Waals surface area contributed by atoms with Crippen LogP contribution in [-0.2, 0) is 0 Å². The predicted molar refractivity (Wildman–Crippen MR) is 60.0 cm³/mol. The van der Waals surface area contributed by atoms with Gasteiger partial charge in [0.2, 0.25) is 0 Å². The van der Waals surface area contributed by atoms with E-state index in [1.54, 1.807) is 4.90 Å². The topological polar surface area (TPSA) is 55.6 Å². The van der Waals surface area contributed by atoms with E-state index in [0.29, 0.717) is 0 Å². The maximum Gasteiger partial charge on any atom is 0.321 e. The summed E-state index contributed by atoms with van der Waals surface area (Å²) >= 11 is 0. The molecule has 1 saturated heterocycles. The third-order valence-corrected chi connectivity index (χ3v) is 3.21. The SMILES string of the molecule is CC1(C)C=C(NC(=O)N2CC2)C(C)(C)N1O. The summed E-state index contributed by atoms with van der Waals surface area (Å²) in [5.41, 5.74) is -0.253. The molecule has 0 saturated carbocycles. The Morgan fingerprint density at radius 2 is 1.94 bits per heavy atom. The van der Waals surface area contributed by atoms with E-state index in [-0.39, 0.29) is 6.03 Å². The molecule has 1 fully saturated rings. The molecular formula is C11H19N3O2. The van der Waals surface area contributed by atoms with Crippen LogP contribution in [0.5, 0.6) is 0 Å². The van der Waals surface area contributed by atoms with Crippen LogP contribution >= 0.6 is 0 Å². The summed E-state index contributed by atoms with van der Waals surface area (Å²) in [6.45, 7) is 9.24. The van der Waals surface area contributed by atoms with E-state index in [2.05, 4.69) is 5.32 Å². The summed E-state index contributed by atoms with van der Waals surface area (Å²) in [5.74, 6) is 0. The monoisotopic (exact) mass is 225 g/mol. The highest BCUT2D eigenvalue weighted by Gasteiger charge is 2.46. The molecule has 2 aliphatic heterocycles. The Morgan fingerprint density at radius 1 is 1.38 bits per heavy atom. The normalized spacial score (nSPS) is 26.6. The lowest BCUT2D eigenvalue weighted by Gasteiger charge is -2.35. The molecule has 0 spiro atoms. The van der Waals surface area contributed by atoms with Gasteiger partial charge in [0, 0.05) is 18.8 Å². The number of rotatable bonds is 1. The molecular weight excluding hydrogens is 206 g/mol. The molecule has 0 radical (unpaired) electrons. The minimum absolute atomic E-state index is 0.0783. The highest BCUT2D eigenvalue weighted by Crippen LogP contribution is 2.36. The molecule has 2 aliphatic rings. The van der Waals surface area contributed by atoms with Gasteiger partial charge in [-0.15, -0.1) is 0 Å². The summed E-state index contributed by atoms with van der Waals surface area (Å²) in [6, 6.07) is -0.0783. The summed E-state index contributed by atoms with van der Waals surface area (Å²) in [7, 11) is 0. The van der Waals surface area contributed by atoms with Gasteiger partial charge in [0.1, 0.15) is 0 Å². The molecule has 2 N–H and O–H groups in total. The fourth-order valence-electron chi connectivity index (χ4n) is 2.06. The van der Waals surface area contributed by atoms with Crippen LogP contribution in [0, 0.1) is 0 Å². The Labute approximate surface area is 95.7 Å². The fourth-order valence-corrected chi connectivity index (χ4v) is 2.06. The van der Waals surface area contributed by atoms with E-state index in [1.165, 1.54) is 5.06 Å². The van der Waals surface area contributed by atoms with Gasteiger partial charge in [0.05, 0.1) is 11.1 Å². The summed E-state index contributed by atoms with van der Waals surface area (Å²) in [5, 5.41) is 14.2. The van der Waals surface area contributed by atoms with Crippen molar-refractivity contribution < 1.29 is 10.0 Å². The van der Waals surface area contributed by atoms with Crippen LogP contribution in [0.2, 0.25) is 0 Å². The average Bonchev–Trinajstić information content (AvgIpc) is 2.95. The van der Waals surface area contributed by atoms with E-state index in [4.69, 9.17) is 0 Å². The highest BCUT2D eigenvalue weighted by molar-refractivity contribution is 5.78. The Morgan fingerprint density at radius 3 is 2.31 bits per heavy atom. The van der Waals surface area contributed by atoms with Crippen molar-refractivity contribution in [3.05, 3.63) is 11.8 Å². The van der Waals surface area contributed by atoms with Crippen molar-refractivity contribution in [2.75, 3.05) is 13.1 Å². The Kier molecular flexibility index (Phi) is 2.29. The Hall–Kier alpha value is -1.07. The lowest BCUT2D eigenvalue weighted by atomic mass is 10.0. The zero-order chi connectivity index (χ0) is 12.1. The molecule has 5 nitrogen and oxygen atoms in total. The van der Waals surface area contributed by atoms with Gasteiger partial charge < -0.3 is 15.4 Å². The predicted octanol–water partition coefficient (Wildman–Crippen LogP) is 1.16. The second-order valence-electron chi connectivity index (χ2n) is 5.50. The molecule has 0 unspecified atom stereocenters. The van der Waals surface area contributed by atoms with Crippen molar-refractivity contribution in [1.82, 2.24) is 15.3 Å². The van der Waals surface area contributed by atoms with Crippen molar-refractivity contribution in [2.45, 2.75) is 38.8 Å². The third-order valence-electron chi connectivity index (χ3n) is 3.21. The minimum Gasteiger partial charge on any atom is -0.321 e.